The molecule has 0 aliphatic carbocycles. The lowest BCUT2D eigenvalue weighted by Crippen LogP contribution is -2.13. The molecule has 1 heterocycles. The van der Waals surface area contributed by atoms with E-state index in [2.05, 4.69) is 4.98 Å². The van der Waals surface area contributed by atoms with Gasteiger partial charge in [-0.05, 0) is 12.5 Å². The van der Waals surface area contributed by atoms with Crippen molar-refractivity contribution in [3.8, 4) is 11.9 Å². The Morgan fingerprint density at radius 1 is 1.56 bits per heavy atom. The van der Waals surface area contributed by atoms with Gasteiger partial charge in [0.1, 0.15) is 0 Å². The molecule has 0 saturated heterocycles. The first-order valence-electron chi connectivity index (χ1n) is 4.85. The number of unbranched alkanes of at least 4 members (excludes halogenated alkanes) is 1. The number of nitrogens with zero attached hydrogens (tertiary/aromatic N) is 2. The van der Waals surface area contributed by atoms with Crippen LogP contribution in [0.25, 0.3) is 0 Å². The van der Waals surface area contributed by atoms with Gasteiger partial charge < -0.3 is 4.74 Å². The molecule has 0 bridgehead atoms. The van der Waals surface area contributed by atoms with Crippen LogP contribution in [0.4, 0.5) is 8.78 Å². The first kappa shape index (κ1) is 12.4. The van der Waals surface area contributed by atoms with Crippen LogP contribution in [0, 0.1) is 11.3 Å². The molecule has 0 spiro atoms. The van der Waals surface area contributed by atoms with Crippen molar-refractivity contribution >= 4 is 0 Å². The predicted octanol–water partition coefficient (Wildman–Crippen LogP) is 2.88. The van der Waals surface area contributed by atoms with Crippen LogP contribution < -0.4 is 4.74 Å². The highest BCUT2D eigenvalue weighted by atomic mass is 19.3. The highest BCUT2D eigenvalue weighted by Crippen LogP contribution is 2.34. The summed E-state index contributed by atoms with van der Waals surface area (Å²) in [5, 5.41) is 8.29. The Morgan fingerprint density at radius 2 is 2.31 bits per heavy atom. The molecule has 0 N–H and O–H groups in total. The summed E-state index contributed by atoms with van der Waals surface area (Å²) in [4.78, 5) is 3.76. The molecule has 5 heteroatoms. The van der Waals surface area contributed by atoms with Crippen molar-refractivity contribution in [2.75, 3.05) is 7.11 Å². The summed E-state index contributed by atoms with van der Waals surface area (Å²) in [6, 6.07) is 4.32. The number of halogens is 2. The number of nitriles is 1. The van der Waals surface area contributed by atoms with E-state index in [1.54, 1.807) is 0 Å². The highest BCUT2D eigenvalue weighted by molar-refractivity contribution is 5.24. The normalized spacial score (nSPS) is 10.9. The van der Waals surface area contributed by atoms with E-state index in [-0.39, 0.29) is 30.7 Å². The molecular formula is C11H12F2N2O. The quantitative estimate of drug-likeness (QED) is 0.725. The number of aromatic nitrogens is 1. The monoisotopic (exact) mass is 226 g/mol. The minimum atomic E-state index is -2.94. The maximum atomic E-state index is 13.6. The van der Waals surface area contributed by atoms with Gasteiger partial charge in [-0.3, -0.25) is 0 Å². The molecule has 1 aromatic rings. The number of alkyl halides is 2. The molecular weight excluding hydrogens is 214 g/mol. The number of ether oxygens (including phenoxy) is 1. The summed E-state index contributed by atoms with van der Waals surface area (Å²) in [7, 11) is 1.37. The second kappa shape index (κ2) is 5.40. The van der Waals surface area contributed by atoms with Gasteiger partial charge in [0.25, 0.3) is 5.92 Å². The van der Waals surface area contributed by atoms with Crippen LogP contribution in [0.3, 0.4) is 0 Å². The summed E-state index contributed by atoms with van der Waals surface area (Å²) in [5.41, 5.74) is -0.128. The van der Waals surface area contributed by atoms with Crippen LogP contribution in [-0.4, -0.2) is 12.1 Å². The fourth-order valence-electron chi connectivity index (χ4n) is 1.28. The van der Waals surface area contributed by atoms with Crippen molar-refractivity contribution in [2.24, 2.45) is 0 Å². The molecule has 0 saturated carbocycles. The van der Waals surface area contributed by atoms with Crippen molar-refractivity contribution in [1.82, 2.24) is 4.98 Å². The van der Waals surface area contributed by atoms with Gasteiger partial charge in [0.05, 0.1) is 13.2 Å². The molecule has 3 nitrogen and oxygen atoms in total. The van der Waals surface area contributed by atoms with E-state index in [0.29, 0.717) is 0 Å². The van der Waals surface area contributed by atoms with Crippen LogP contribution in [0.15, 0.2) is 18.3 Å². The topological polar surface area (TPSA) is 45.9 Å². The standard InChI is InChI=1S/C11H12F2N2O/c1-16-10-8-9(4-7-15-10)11(12,13)5-2-3-6-14/h4,7-8H,2-3,5H2,1H3. The summed E-state index contributed by atoms with van der Waals surface area (Å²) in [5.74, 6) is -2.77. The van der Waals surface area contributed by atoms with Gasteiger partial charge in [-0.1, -0.05) is 0 Å². The lowest BCUT2D eigenvalue weighted by Gasteiger charge is -2.16. The maximum absolute atomic E-state index is 13.6. The molecule has 0 atom stereocenters. The maximum Gasteiger partial charge on any atom is 0.273 e. The average Bonchev–Trinajstić information content (AvgIpc) is 2.29. The van der Waals surface area contributed by atoms with E-state index < -0.39 is 5.92 Å². The lowest BCUT2D eigenvalue weighted by molar-refractivity contribution is -0.0151. The Kier molecular flexibility index (Phi) is 4.18. The van der Waals surface area contributed by atoms with Crippen molar-refractivity contribution in [1.29, 1.82) is 5.26 Å². The summed E-state index contributed by atoms with van der Waals surface area (Å²) < 4.78 is 32.0. The molecule has 0 amide bonds. The van der Waals surface area contributed by atoms with Crippen LogP contribution in [-0.2, 0) is 5.92 Å². The van der Waals surface area contributed by atoms with Crippen molar-refractivity contribution < 1.29 is 13.5 Å². The van der Waals surface area contributed by atoms with Crippen molar-refractivity contribution in [3.63, 3.8) is 0 Å². The first-order chi connectivity index (χ1) is 7.60. The van der Waals surface area contributed by atoms with Crippen LogP contribution in [0.2, 0.25) is 0 Å². The molecule has 0 aliphatic heterocycles. The third kappa shape index (κ3) is 3.16. The van der Waals surface area contributed by atoms with Crippen LogP contribution in [0.5, 0.6) is 5.88 Å². The Bertz CT molecular complexity index is 388. The Hall–Kier alpha value is -1.70. The fourth-order valence-corrected chi connectivity index (χ4v) is 1.28. The second-order valence-electron chi connectivity index (χ2n) is 3.30. The molecule has 0 aromatic carbocycles. The fraction of sp³-hybridized carbons (Fsp3) is 0.455. The van der Waals surface area contributed by atoms with E-state index in [1.807, 2.05) is 6.07 Å². The molecule has 16 heavy (non-hydrogen) atoms. The van der Waals surface area contributed by atoms with Gasteiger partial charge in [0.2, 0.25) is 5.88 Å². The number of pyridine rings is 1. The second-order valence-corrected chi connectivity index (χ2v) is 3.30. The van der Waals surface area contributed by atoms with Gasteiger partial charge in [-0.25, -0.2) is 13.8 Å². The van der Waals surface area contributed by atoms with Crippen LogP contribution >= 0.6 is 0 Å². The Labute approximate surface area is 92.7 Å². The molecule has 0 unspecified atom stereocenters. The number of methoxy groups -OCH3 is 1. The van der Waals surface area contributed by atoms with Gasteiger partial charge in [0, 0.05) is 30.7 Å². The first-order valence-corrected chi connectivity index (χ1v) is 4.85. The minimum Gasteiger partial charge on any atom is -0.481 e. The van der Waals surface area contributed by atoms with Crippen LogP contribution in [0.1, 0.15) is 24.8 Å². The average molecular weight is 226 g/mol. The van der Waals surface area contributed by atoms with Gasteiger partial charge in [-0.15, -0.1) is 0 Å². The Balaban J connectivity index is 2.76. The third-order valence-corrected chi connectivity index (χ3v) is 2.15. The summed E-state index contributed by atoms with van der Waals surface area (Å²) >= 11 is 0. The van der Waals surface area contributed by atoms with E-state index in [0.717, 1.165) is 0 Å². The van der Waals surface area contributed by atoms with Gasteiger partial charge in [-0.2, -0.15) is 5.26 Å². The van der Waals surface area contributed by atoms with E-state index >= 15 is 0 Å². The molecule has 86 valence electrons. The molecule has 0 fully saturated rings. The SMILES string of the molecule is COc1cc(C(F)(F)CCCC#N)ccn1. The molecule has 1 aromatic heterocycles. The largest absolute Gasteiger partial charge is 0.481 e. The summed E-state index contributed by atoms with van der Waals surface area (Å²) in [6.07, 6.45) is 1.26. The molecule has 0 aliphatic rings. The zero-order chi connectivity index (χ0) is 12.0. The number of rotatable bonds is 5. The minimum absolute atomic E-state index is 0.128. The molecule has 1 rings (SSSR count). The van der Waals surface area contributed by atoms with Crippen molar-refractivity contribution in [3.05, 3.63) is 23.9 Å². The highest BCUT2D eigenvalue weighted by Gasteiger charge is 2.31. The van der Waals surface area contributed by atoms with E-state index in [4.69, 9.17) is 10.00 Å². The van der Waals surface area contributed by atoms with Gasteiger partial charge >= 0.3 is 0 Å². The van der Waals surface area contributed by atoms with E-state index in [1.165, 1.54) is 25.4 Å². The third-order valence-electron chi connectivity index (χ3n) is 2.15. The summed E-state index contributed by atoms with van der Waals surface area (Å²) in [6.45, 7) is 0. The Morgan fingerprint density at radius 3 is 2.94 bits per heavy atom. The number of hydrogen-bond acceptors (Lipinski definition) is 3. The predicted molar refractivity (Wildman–Crippen MR) is 54.1 cm³/mol. The van der Waals surface area contributed by atoms with E-state index in [9.17, 15) is 8.78 Å². The molecule has 0 radical (unpaired) electrons. The lowest BCUT2D eigenvalue weighted by atomic mass is 10.0. The zero-order valence-electron chi connectivity index (χ0n) is 8.91. The smallest absolute Gasteiger partial charge is 0.273 e. The number of hydrogen-bond donors (Lipinski definition) is 0. The van der Waals surface area contributed by atoms with Gasteiger partial charge in [0.15, 0.2) is 0 Å². The zero-order valence-corrected chi connectivity index (χ0v) is 8.91. The van der Waals surface area contributed by atoms with Crippen molar-refractivity contribution in [2.45, 2.75) is 25.2 Å².